The lowest BCUT2D eigenvalue weighted by Crippen LogP contribution is -2.52. The first-order chi connectivity index (χ1) is 9.88. The lowest BCUT2D eigenvalue weighted by atomic mass is 9.93. The normalized spacial score (nSPS) is 16.3. The van der Waals surface area contributed by atoms with Gasteiger partial charge >= 0.3 is 18.0 Å². The number of methoxy groups -OCH3 is 1. The highest BCUT2D eigenvalue weighted by molar-refractivity contribution is 5.77. The number of ether oxygens (including phenoxy) is 1. The van der Waals surface area contributed by atoms with E-state index in [0.29, 0.717) is 25.8 Å². The first-order valence-electron chi connectivity index (χ1n) is 7.20. The molecule has 1 aliphatic rings. The van der Waals surface area contributed by atoms with Gasteiger partial charge in [-0.25, -0.2) is 4.79 Å². The Morgan fingerprint density at radius 2 is 1.90 bits per heavy atom. The topological polar surface area (TPSA) is 95.9 Å². The van der Waals surface area contributed by atoms with Crippen LogP contribution in [0.2, 0.25) is 0 Å². The minimum atomic E-state index is -0.898. The van der Waals surface area contributed by atoms with Crippen LogP contribution in [-0.2, 0) is 14.3 Å². The molecule has 120 valence electrons. The molecule has 2 amide bonds. The van der Waals surface area contributed by atoms with E-state index in [9.17, 15) is 14.4 Å². The van der Waals surface area contributed by atoms with E-state index in [2.05, 4.69) is 10.1 Å². The molecule has 1 fully saturated rings. The summed E-state index contributed by atoms with van der Waals surface area (Å²) in [6.45, 7) is 0.421. The Bertz CT molecular complexity index is 391. The van der Waals surface area contributed by atoms with Gasteiger partial charge in [-0.2, -0.15) is 0 Å². The van der Waals surface area contributed by atoms with E-state index in [1.807, 2.05) is 0 Å². The molecule has 0 aromatic heterocycles. The third kappa shape index (κ3) is 5.61. The second-order valence-corrected chi connectivity index (χ2v) is 5.59. The molecule has 0 aromatic carbocycles. The Morgan fingerprint density at radius 1 is 1.29 bits per heavy atom. The molecule has 0 aliphatic heterocycles. The summed E-state index contributed by atoms with van der Waals surface area (Å²) in [5.74, 6) is -1.20. The zero-order chi connectivity index (χ0) is 15.9. The number of amides is 2. The van der Waals surface area contributed by atoms with Gasteiger partial charge in [-0.15, -0.1) is 0 Å². The van der Waals surface area contributed by atoms with E-state index in [4.69, 9.17) is 5.11 Å². The van der Waals surface area contributed by atoms with Gasteiger partial charge in [0.2, 0.25) is 0 Å². The first-order valence-corrected chi connectivity index (χ1v) is 7.20. The van der Waals surface area contributed by atoms with Crippen molar-refractivity contribution in [3.05, 3.63) is 0 Å². The maximum absolute atomic E-state index is 12.1. The molecule has 0 aromatic rings. The molecule has 0 heterocycles. The van der Waals surface area contributed by atoms with Gasteiger partial charge in [0.05, 0.1) is 19.1 Å². The summed E-state index contributed by atoms with van der Waals surface area (Å²) in [5.41, 5.74) is -0.625. The van der Waals surface area contributed by atoms with Gasteiger partial charge in [-0.3, -0.25) is 9.59 Å². The Labute approximate surface area is 124 Å². The third-order valence-electron chi connectivity index (χ3n) is 3.87. The van der Waals surface area contributed by atoms with Crippen molar-refractivity contribution in [1.82, 2.24) is 10.2 Å². The van der Waals surface area contributed by atoms with Crippen LogP contribution in [0.5, 0.6) is 0 Å². The number of hydrogen-bond acceptors (Lipinski definition) is 4. The van der Waals surface area contributed by atoms with E-state index in [1.54, 1.807) is 7.05 Å². The summed E-state index contributed by atoms with van der Waals surface area (Å²) in [6.07, 6.45) is 3.98. The van der Waals surface area contributed by atoms with Crippen molar-refractivity contribution in [2.75, 3.05) is 20.7 Å². The average molecular weight is 300 g/mol. The largest absolute Gasteiger partial charge is 0.481 e. The van der Waals surface area contributed by atoms with Crippen molar-refractivity contribution in [2.45, 2.75) is 50.5 Å². The van der Waals surface area contributed by atoms with E-state index < -0.39 is 11.5 Å². The summed E-state index contributed by atoms with van der Waals surface area (Å²) in [5, 5.41) is 11.9. The van der Waals surface area contributed by atoms with Crippen molar-refractivity contribution in [3.8, 4) is 0 Å². The van der Waals surface area contributed by atoms with Crippen molar-refractivity contribution < 1.29 is 24.2 Å². The first kappa shape index (κ1) is 17.3. The Morgan fingerprint density at radius 3 is 2.43 bits per heavy atom. The molecule has 21 heavy (non-hydrogen) atoms. The SMILES string of the molecule is COC(=O)CCCN(C)C(=O)NC1(CC(=O)O)CCCC1. The molecule has 7 nitrogen and oxygen atoms in total. The third-order valence-corrected chi connectivity index (χ3v) is 3.87. The molecule has 0 bridgehead atoms. The zero-order valence-electron chi connectivity index (χ0n) is 12.7. The Kier molecular flexibility index (Phi) is 6.45. The predicted molar refractivity (Wildman–Crippen MR) is 75.9 cm³/mol. The van der Waals surface area contributed by atoms with Gasteiger partial charge in [-0.1, -0.05) is 12.8 Å². The van der Waals surface area contributed by atoms with Gasteiger partial charge in [-0.05, 0) is 19.3 Å². The van der Waals surface area contributed by atoms with E-state index >= 15 is 0 Å². The second kappa shape index (κ2) is 7.85. The van der Waals surface area contributed by atoms with Crippen LogP contribution in [0.1, 0.15) is 44.9 Å². The van der Waals surface area contributed by atoms with Crippen LogP contribution in [0.4, 0.5) is 4.79 Å². The second-order valence-electron chi connectivity index (χ2n) is 5.59. The molecule has 1 aliphatic carbocycles. The fraction of sp³-hybridized carbons (Fsp3) is 0.786. The summed E-state index contributed by atoms with van der Waals surface area (Å²) in [6, 6.07) is -0.289. The van der Waals surface area contributed by atoms with Gasteiger partial charge in [0.25, 0.3) is 0 Å². The van der Waals surface area contributed by atoms with Crippen LogP contribution >= 0.6 is 0 Å². The number of esters is 1. The highest BCUT2D eigenvalue weighted by atomic mass is 16.5. The quantitative estimate of drug-likeness (QED) is 0.692. The molecular formula is C14H24N2O5. The summed E-state index contributed by atoms with van der Waals surface area (Å²) >= 11 is 0. The van der Waals surface area contributed by atoms with Gasteiger partial charge in [0, 0.05) is 20.0 Å². The van der Waals surface area contributed by atoms with Crippen molar-refractivity contribution in [2.24, 2.45) is 0 Å². The number of urea groups is 1. The van der Waals surface area contributed by atoms with Crippen molar-refractivity contribution >= 4 is 18.0 Å². The Balaban J connectivity index is 2.45. The Hall–Kier alpha value is -1.79. The molecule has 7 heteroatoms. The van der Waals surface area contributed by atoms with E-state index in [0.717, 1.165) is 12.8 Å². The minimum Gasteiger partial charge on any atom is -0.481 e. The van der Waals surface area contributed by atoms with Crippen LogP contribution in [0.15, 0.2) is 0 Å². The highest BCUT2D eigenvalue weighted by Crippen LogP contribution is 2.32. The standard InChI is InChI=1S/C14H24N2O5/c1-16(9-5-6-12(19)21-2)13(20)15-14(10-11(17)18)7-3-4-8-14/h3-10H2,1-2H3,(H,15,20)(H,17,18). The van der Waals surface area contributed by atoms with Crippen LogP contribution in [0.3, 0.4) is 0 Å². The predicted octanol–water partition coefficient (Wildman–Crippen LogP) is 1.37. The molecule has 0 spiro atoms. The van der Waals surface area contributed by atoms with E-state index in [-0.39, 0.29) is 24.8 Å². The molecular weight excluding hydrogens is 276 g/mol. The van der Waals surface area contributed by atoms with Gasteiger partial charge in [0.15, 0.2) is 0 Å². The van der Waals surface area contributed by atoms with Gasteiger partial charge < -0.3 is 20.1 Å². The van der Waals surface area contributed by atoms with Crippen LogP contribution in [-0.4, -0.2) is 54.2 Å². The number of rotatable bonds is 7. The molecule has 0 radical (unpaired) electrons. The number of hydrogen-bond donors (Lipinski definition) is 2. The molecule has 0 unspecified atom stereocenters. The number of carboxylic acids is 1. The number of nitrogens with zero attached hydrogens (tertiary/aromatic N) is 1. The zero-order valence-corrected chi connectivity index (χ0v) is 12.7. The van der Waals surface area contributed by atoms with E-state index in [1.165, 1.54) is 12.0 Å². The highest BCUT2D eigenvalue weighted by Gasteiger charge is 2.38. The smallest absolute Gasteiger partial charge is 0.317 e. The van der Waals surface area contributed by atoms with Crippen molar-refractivity contribution in [3.63, 3.8) is 0 Å². The molecule has 1 rings (SSSR count). The number of carboxylic acid groups (broad SMARTS) is 1. The van der Waals surface area contributed by atoms with Crippen LogP contribution in [0, 0.1) is 0 Å². The molecule has 1 saturated carbocycles. The maximum atomic E-state index is 12.1. The fourth-order valence-corrected chi connectivity index (χ4v) is 2.67. The number of aliphatic carboxylic acids is 1. The van der Waals surface area contributed by atoms with Crippen molar-refractivity contribution in [1.29, 1.82) is 0 Å². The maximum Gasteiger partial charge on any atom is 0.317 e. The number of carbonyl (C=O) groups is 3. The van der Waals surface area contributed by atoms with Crippen LogP contribution in [0.25, 0.3) is 0 Å². The monoisotopic (exact) mass is 300 g/mol. The van der Waals surface area contributed by atoms with Gasteiger partial charge in [0.1, 0.15) is 0 Å². The summed E-state index contributed by atoms with van der Waals surface area (Å²) in [4.78, 5) is 35.6. The average Bonchev–Trinajstić information content (AvgIpc) is 2.85. The molecule has 0 atom stereocenters. The molecule has 2 N–H and O–H groups in total. The number of nitrogens with one attached hydrogen (secondary N) is 1. The lowest BCUT2D eigenvalue weighted by Gasteiger charge is -2.31. The summed E-state index contributed by atoms with van der Waals surface area (Å²) in [7, 11) is 2.96. The number of carbonyl (C=O) groups excluding carboxylic acids is 2. The lowest BCUT2D eigenvalue weighted by molar-refractivity contribution is -0.141. The van der Waals surface area contributed by atoms with Crippen LogP contribution < -0.4 is 5.32 Å². The summed E-state index contributed by atoms with van der Waals surface area (Å²) < 4.78 is 4.54. The fourth-order valence-electron chi connectivity index (χ4n) is 2.67. The minimum absolute atomic E-state index is 0.0469. The molecule has 0 saturated heterocycles.